The molecule has 0 aliphatic heterocycles. The minimum atomic E-state index is -0.533. The lowest BCUT2D eigenvalue weighted by Crippen LogP contribution is -2.06. The number of nitrogens with zero attached hydrogens (tertiary/aromatic N) is 5. The zero-order valence-corrected chi connectivity index (χ0v) is 9.84. The summed E-state index contributed by atoms with van der Waals surface area (Å²) in [5.74, 6) is 1.10. The van der Waals surface area contributed by atoms with Crippen LogP contribution < -0.4 is 0 Å². The molecular formula is C9H8ClN5O2. The number of rotatable bonds is 2. The van der Waals surface area contributed by atoms with Gasteiger partial charge in [0, 0.05) is 6.07 Å². The van der Waals surface area contributed by atoms with Gasteiger partial charge in [0.1, 0.15) is 16.8 Å². The van der Waals surface area contributed by atoms with Crippen LogP contribution in [0.25, 0.3) is 5.82 Å². The molecule has 0 aliphatic rings. The molecule has 2 aromatic heterocycles. The molecule has 0 spiro atoms. The lowest BCUT2D eigenvalue weighted by Gasteiger charge is -2.03. The molecule has 7 nitrogen and oxygen atoms in total. The van der Waals surface area contributed by atoms with Gasteiger partial charge in [0.05, 0.1) is 4.92 Å². The fraction of sp³-hybridized carbons (Fsp3) is 0.222. The van der Waals surface area contributed by atoms with Crippen LogP contribution in [0.3, 0.4) is 0 Å². The molecule has 0 bridgehead atoms. The summed E-state index contributed by atoms with van der Waals surface area (Å²) >= 11 is 5.74. The second kappa shape index (κ2) is 4.10. The molecule has 0 radical (unpaired) electrons. The minimum absolute atomic E-state index is 0.0700. The van der Waals surface area contributed by atoms with E-state index in [1.165, 1.54) is 16.8 Å². The highest BCUT2D eigenvalue weighted by atomic mass is 35.5. The molecular weight excluding hydrogens is 246 g/mol. The summed E-state index contributed by atoms with van der Waals surface area (Å²) in [6.45, 7) is 3.38. The maximum absolute atomic E-state index is 10.9. The molecule has 0 N–H and O–H groups in total. The Morgan fingerprint density at radius 2 is 2.06 bits per heavy atom. The summed E-state index contributed by atoms with van der Waals surface area (Å²) in [6.07, 6.45) is 0. The van der Waals surface area contributed by atoms with E-state index in [0.29, 0.717) is 11.6 Å². The first-order chi connectivity index (χ1) is 7.99. The monoisotopic (exact) mass is 253 g/mol. The maximum Gasteiger partial charge on any atom is 0.313 e. The van der Waals surface area contributed by atoms with Gasteiger partial charge in [0.2, 0.25) is 5.82 Å². The first-order valence-corrected chi connectivity index (χ1v) is 5.08. The van der Waals surface area contributed by atoms with Gasteiger partial charge in [-0.15, -0.1) is 5.10 Å². The molecule has 88 valence electrons. The summed E-state index contributed by atoms with van der Waals surface area (Å²) in [4.78, 5) is 18.3. The topological polar surface area (TPSA) is 86.7 Å². The van der Waals surface area contributed by atoms with Crippen LogP contribution in [0.1, 0.15) is 11.6 Å². The summed E-state index contributed by atoms with van der Waals surface area (Å²) in [6, 6.07) is 2.66. The van der Waals surface area contributed by atoms with E-state index in [4.69, 9.17) is 11.6 Å². The third kappa shape index (κ3) is 2.09. The van der Waals surface area contributed by atoms with Crippen molar-refractivity contribution in [3.8, 4) is 5.82 Å². The fourth-order valence-electron chi connectivity index (χ4n) is 1.44. The number of nitro groups is 1. The molecule has 0 atom stereocenters. The molecule has 0 aliphatic carbocycles. The lowest BCUT2D eigenvalue weighted by molar-refractivity contribution is -0.384. The zero-order chi connectivity index (χ0) is 12.6. The number of aryl methyl sites for hydroxylation is 2. The van der Waals surface area contributed by atoms with Gasteiger partial charge in [-0.2, -0.15) is 4.68 Å². The second-order valence-corrected chi connectivity index (χ2v) is 3.74. The van der Waals surface area contributed by atoms with Crippen molar-refractivity contribution in [3.05, 3.63) is 39.0 Å². The quantitative estimate of drug-likeness (QED) is 0.463. The average Bonchev–Trinajstić information content (AvgIpc) is 2.57. The summed E-state index contributed by atoms with van der Waals surface area (Å²) < 4.78 is 1.30. The van der Waals surface area contributed by atoms with Gasteiger partial charge < -0.3 is 0 Å². The van der Waals surface area contributed by atoms with E-state index in [0.717, 1.165) is 0 Å². The van der Waals surface area contributed by atoms with Gasteiger partial charge in [-0.05, 0) is 19.9 Å². The van der Waals surface area contributed by atoms with E-state index in [9.17, 15) is 10.1 Å². The average molecular weight is 254 g/mol. The zero-order valence-electron chi connectivity index (χ0n) is 9.09. The third-order valence-electron chi connectivity index (χ3n) is 2.09. The SMILES string of the molecule is Cc1nc(C)n(-c2nc(Cl)ccc2[N+](=O)[O-])n1. The highest BCUT2D eigenvalue weighted by molar-refractivity contribution is 6.29. The van der Waals surface area contributed by atoms with Crippen LogP contribution >= 0.6 is 11.6 Å². The van der Waals surface area contributed by atoms with Crippen molar-refractivity contribution in [1.29, 1.82) is 0 Å². The molecule has 2 rings (SSSR count). The molecule has 0 saturated carbocycles. The molecule has 2 aromatic rings. The van der Waals surface area contributed by atoms with Crippen LogP contribution in [0.15, 0.2) is 12.1 Å². The van der Waals surface area contributed by atoms with Gasteiger partial charge in [0.25, 0.3) is 0 Å². The van der Waals surface area contributed by atoms with E-state index in [1.54, 1.807) is 13.8 Å². The number of pyridine rings is 1. The number of halogens is 1. The number of aromatic nitrogens is 4. The maximum atomic E-state index is 10.9. The van der Waals surface area contributed by atoms with Crippen LogP contribution in [0.2, 0.25) is 5.15 Å². The predicted molar refractivity (Wildman–Crippen MR) is 60.3 cm³/mol. The Morgan fingerprint density at radius 1 is 1.35 bits per heavy atom. The van der Waals surface area contributed by atoms with Gasteiger partial charge in [-0.3, -0.25) is 10.1 Å². The van der Waals surface area contributed by atoms with Crippen molar-refractivity contribution in [2.45, 2.75) is 13.8 Å². The molecule has 17 heavy (non-hydrogen) atoms. The van der Waals surface area contributed by atoms with Crippen LogP contribution in [0.5, 0.6) is 0 Å². The van der Waals surface area contributed by atoms with E-state index >= 15 is 0 Å². The van der Waals surface area contributed by atoms with Crippen molar-refractivity contribution < 1.29 is 4.92 Å². The Kier molecular flexibility index (Phi) is 2.76. The van der Waals surface area contributed by atoms with Gasteiger partial charge in [-0.25, -0.2) is 9.97 Å². The Balaban J connectivity index is 2.69. The second-order valence-electron chi connectivity index (χ2n) is 3.35. The summed E-state index contributed by atoms with van der Waals surface area (Å²) in [7, 11) is 0. The Labute approximate surface area is 101 Å². The Morgan fingerprint density at radius 3 is 2.59 bits per heavy atom. The third-order valence-corrected chi connectivity index (χ3v) is 2.30. The van der Waals surface area contributed by atoms with Crippen molar-refractivity contribution >= 4 is 17.3 Å². The molecule has 0 fully saturated rings. The summed E-state index contributed by atoms with van der Waals surface area (Å²) in [5.41, 5.74) is -0.164. The normalized spacial score (nSPS) is 10.5. The van der Waals surface area contributed by atoms with Crippen molar-refractivity contribution in [2.75, 3.05) is 0 Å². The van der Waals surface area contributed by atoms with E-state index in [1.807, 2.05) is 0 Å². The molecule has 0 aromatic carbocycles. The predicted octanol–water partition coefficient (Wildman–Crippen LogP) is 1.84. The van der Waals surface area contributed by atoms with Crippen LogP contribution in [0, 0.1) is 24.0 Å². The Hall–Kier alpha value is -2.02. The Bertz CT molecular complexity index is 595. The van der Waals surface area contributed by atoms with Crippen molar-refractivity contribution in [1.82, 2.24) is 19.7 Å². The fourth-order valence-corrected chi connectivity index (χ4v) is 1.58. The highest BCUT2D eigenvalue weighted by Gasteiger charge is 2.20. The first kappa shape index (κ1) is 11.5. The largest absolute Gasteiger partial charge is 0.313 e. The van der Waals surface area contributed by atoms with Gasteiger partial charge >= 0.3 is 5.69 Å². The van der Waals surface area contributed by atoms with Crippen LogP contribution in [-0.2, 0) is 0 Å². The smallest absolute Gasteiger partial charge is 0.258 e. The summed E-state index contributed by atoms with van der Waals surface area (Å²) in [5, 5.41) is 15.1. The number of hydrogen-bond acceptors (Lipinski definition) is 5. The first-order valence-electron chi connectivity index (χ1n) is 4.70. The molecule has 0 saturated heterocycles. The highest BCUT2D eigenvalue weighted by Crippen LogP contribution is 2.23. The van der Waals surface area contributed by atoms with Crippen LogP contribution in [0.4, 0.5) is 5.69 Å². The molecule has 0 unspecified atom stereocenters. The van der Waals surface area contributed by atoms with E-state index in [-0.39, 0.29) is 16.7 Å². The van der Waals surface area contributed by atoms with Crippen molar-refractivity contribution in [2.24, 2.45) is 0 Å². The molecule has 2 heterocycles. The standard InChI is InChI=1S/C9H8ClN5O2/c1-5-11-6(2)14(13-5)9-7(15(16)17)3-4-8(10)12-9/h3-4H,1-2H3. The number of hydrogen-bond donors (Lipinski definition) is 0. The van der Waals surface area contributed by atoms with Crippen molar-refractivity contribution in [3.63, 3.8) is 0 Å². The van der Waals surface area contributed by atoms with E-state index in [2.05, 4.69) is 15.1 Å². The molecule has 8 heteroatoms. The van der Waals surface area contributed by atoms with E-state index < -0.39 is 4.92 Å². The molecule has 0 amide bonds. The minimum Gasteiger partial charge on any atom is -0.258 e. The van der Waals surface area contributed by atoms with Gasteiger partial charge in [-0.1, -0.05) is 11.6 Å². The van der Waals surface area contributed by atoms with Crippen LogP contribution in [-0.4, -0.2) is 24.7 Å². The lowest BCUT2D eigenvalue weighted by atomic mass is 10.4. The van der Waals surface area contributed by atoms with Gasteiger partial charge in [0.15, 0.2) is 0 Å².